The molecule has 4 rings (SSSR count). The van der Waals surface area contributed by atoms with Gasteiger partial charge in [-0.05, 0) is 68.3 Å². The quantitative estimate of drug-likeness (QED) is 0.164. The predicted octanol–water partition coefficient (Wildman–Crippen LogP) is 6.76. The van der Waals surface area contributed by atoms with Gasteiger partial charge >= 0.3 is 0 Å². The highest BCUT2D eigenvalue weighted by Crippen LogP contribution is 2.33. The van der Waals surface area contributed by atoms with Gasteiger partial charge in [0.15, 0.2) is 11.5 Å². The van der Waals surface area contributed by atoms with Crippen LogP contribution in [0.25, 0.3) is 0 Å². The van der Waals surface area contributed by atoms with Gasteiger partial charge in [0.1, 0.15) is 12.6 Å². The Morgan fingerprint density at radius 3 is 2.00 bits per heavy atom. The molecule has 0 aliphatic carbocycles. The summed E-state index contributed by atoms with van der Waals surface area (Å²) in [4.78, 5) is 29.9. The molecule has 0 saturated carbocycles. The standard InChI is InChI=1S/C36H39Cl2N3O6S/c1-36(2,3)39-35(43)31(21-25-12-8-6-9-13-25)40(23-26-16-18-29(37)30(38)20-26)34(42)24-41(27-14-10-7-11-15-27)48(44,45)28-17-19-32(46-4)33(22-28)47-5/h6-20,22,31H,21,23-24H2,1-5H3,(H,39,43)/t31-/m0/s1. The summed E-state index contributed by atoms with van der Waals surface area (Å²) in [6.45, 7) is 4.88. The van der Waals surface area contributed by atoms with Crippen LogP contribution in [-0.4, -0.2) is 57.5 Å². The Morgan fingerprint density at radius 1 is 0.792 bits per heavy atom. The first-order valence-corrected chi connectivity index (χ1v) is 17.3. The fourth-order valence-corrected chi connectivity index (χ4v) is 6.82. The van der Waals surface area contributed by atoms with E-state index in [1.807, 2.05) is 51.1 Å². The van der Waals surface area contributed by atoms with Gasteiger partial charge in [0.2, 0.25) is 11.8 Å². The first-order valence-electron chi connectivity index (χ1n) is 15.1. The van der Waals surface area contributed by atoms with Crippen LogP contribution in [0, 0.1) is 0 Å². The zero-order valence-corrected chi connectivity index (χ0v) is 29.8. The van der Waals surface area contributed by atoms with Crippen LogP contribution < -0.4 is 19.1 Å². The topological polar surface area (TPSA) is 105 Å². The number of halogens is 2. The minimum Gasteiger partial charge on any atom is -0.493 e. The smallest absolute Gasteiger partial charge is 0.264 e. The van der Waals surface area contributed by atoms with E-state index in [1.54, 1.807) is 48.5 Å². The predicted molar refractivity (Wildman–Crippen MR) is 189 cm³/mol. The maximum Gasteiger partial charge on any atom is 0.264 e. The number of para-hydroxylation sites is 1. The second kappa shape index (κ2) is 15.8. The van der Waals surface area contributed by atoms with Crippen molar-refractivity contribution in [3.05, 3.63) is 118 Å². The first-order chi connectivity index (χ1) is 22.7. The van der Waals surface area contributed by atoms with Crippen molar-refractivity contribution in [2.75, 3.05) is 25.1 Å². The Balaban J connectivity index is 1.84. The maximum absolute atomic E-state index is 14.6. The molecule has 9 nitrogen and oxygen atoms in total. The van der Waals surface area contributed by atoms with Gasteiger partial charge < -0.3 is 19.7 Å². The summed E-state index contributed by atoms with van der Waals surface area (Å²) in [7, 11) is -1.49. The number of methoxy groups -OCH3 is 2. The van der Waals surface area contributed by atoms with Gasteiger partial charge in [-0.25, -0.2) is 8.42 Å². The van der Waals surface area contributed by atoms with Crippen molar-refractivity contribution in [2.24, 2.45) is 0 Å². The number of ether oxygens (including phenoxy) is 2. The minimum atomic E-state index is -4.35. The van der Waals surface area contributed by atoms with Gasteiger partial charge in [0.25, 0.3) is 10.0 Å². The van der Waals surface area contributed by atoms with Gasteiger partial charge in [-0.1, -0.05) is 77.8 Å². The molecule has 0 aliphatic heterocycles. The number of nitrogens with zero attached hydrogens (tertiary/aromatic N) is 2. The van der Waals surface area contributed by atoms with Gasteiger partial charge in [-0.3, -0.25) is 13.9 Å². The van der Waals surface area contributed by atoms with Crippen LogP contribution in [0.15, 0.2) is 102 Å². The van der Waals surface area contributed by atoms with Crippen LogP contribution in [0.4, 0.5) is 5.69 Å². The summed E-state index contributed by atoms with van der Waals surface area (Å²) in [5.41, 5.74) is 1.07. The van der Waals surface area contributed by atoms with Crippen molar-refractivity contribution in [1.29, 1.82) is 0 Å². The lowest BCUT2D eigenvalue weighted by Crippen LogP contribution is -2.56. The summed E-state index contributed by atoms with van der Waals surface area (Å²) in [5, 5.41) is 3.62. The van der Waals surface area contributed by atoms with Crippen molar-refractivity contribution in [1.82, 2.24) is 10.2 Å². The third-order valence-electron chi connectivity index (χ3n) is 7.37. The molecule has 4 aromatic carbocycles. The van der Waals surface area contributed by atoms with Crippen LogP contribution in [0.5, 0.6) is 11.5 Å². The van der Waals surface area contributed by atoms with Crippen LogP contribution in [0.2, 0.25) is 10.0 Å². The van der Waals surface area contributed by atoms with Gasteiger partial charge in [-0.2, -0.15) is 0 Å². The molecular formula is C36H39Cl2N3O6S. The molecule has 12 heteroatoms. The Kier molecular flexibility index (Phi) is 12.0. The molecule has 0 heterocycles. The van der Waals surface area contributed by atoms with Crippen LogP contribution in [0.3, 0.4) is 0 Å². The molecule has 0 unspecified atom stereocenters. The van der Waals surface area contributed by atoms with Crippen molar-refractivity contribution < 1.29 is 27.5 Å². The summed E-state index contributed by atoms with van der Waals surface area (Å²) in [5.74, 6) is -0.450. The average Bonchev–Trinajstić information content (AvgIpc) is 3.06. The fraction of sp³-hybridized carbons (Fsp3) is 0.278. The van der Waals surface area contributed by atoms with E-state index in [4.69, 9.17) is 32.7 Å². The minimum absolute atomic E-state index is 0.0518. The van der Waals surface area contributed by atoms with Crippen molar-refractivity contribution in [2.45, 2.75) is 50.2 Å². The van der Waals surface area contributed by atoms with E-state index in [0.29, 0.717) is 16.3 Å². The third kappa shape index (κ3) is 9.21. The lowest BCUT2D eigenvalue weighted by Gasteiger charge is -2.35. The molecule has 0 spiro atoms. The number of carbonyl (C=O) groups excluding carboxylic acids is 2. The SMILES string of the molecule is COc1ccc(S(=O)(=O)N(CC(=O)N(Cc2ccc(Cl)c(Cl)c2)[C@@H](Cc2ccccc2)C(=O)NC(C)(C)C)c2ccccc2)cc1OC. The number of nitrogens with one attached hydrogen (secondary N) is 1. The number of hydrogen-bond donors (Lipinski definition) is 1. The summed E-state index contributed by atoms with van der Waals surface area (Å²) < 4.78 is 40.4. The van der Waals surface area contributed by atoms with E-state index in [0.717, 1.165) is 9.87 Å². The molecule has 1 N–H and O–H groups in total. The maximum atomic E-state index is 14.6. The lowest BCUT2D eigenvalue weighted by molar-refractivity contribution is -0.140. The molecule has 254 valence electrons. The van der Waals surface area contributed by atoms with E-state index < -0.39 is 40.0 Å². The number of carbonyl (C=O) groups is 2. The molecule has 0 fully saturated rings. The van der Waals surface area contributed by atoms with E-state index in [9.17, 15) is 18.0 Å². The number of anilines is 1. The Labute approximate surface area is 292 Å². The Morgan fingerprint density at radius 2 is 1.42 bits per heavy atom. The Bertz CT molecular complexity index is 1830. The second-order valence-electron chi connectivity index (χ2n) is 12.1. The number of hydrogen-bond acceptors (Lipinski definition) is 6. The van der Waals surface area contributed by atoms with E-state index >= 15 is 0 Å². The molecule has 48 heavy (non-hydrogen) atoms. The highest BCUT2D eigenvalue weighted by molar-refractivity contribution is 7.92. The first kappa shape index (κ1) is 36.6. The van der Waals surface area contributed by atoms with Gasteiger partial charge in [0.05, 0.1) is 34.8 Å². The van der Waals surface area contributed by atoms with Crippen LogP contribution in [-0.2, 0) is 32.6 Å². The van der Waals surface area contributed by atoms with E-state index in [1.165, 1.54) is 37.3 Å². The summed E-state index contributed by atoms with van der Waals surface area (Å²) >= 11 is 12.5. The molecule has 2 amide bonds. The monoisotopic (exact) mass is 711 g/mol. The van der Waals surface area contributed by atoms with Crippen molar-refractivity contribution in [3.63, 3.8) is 0 Å². The second-order valence-corrected chi connectivity index (χ2v) is 14.8. The zero-order valence-electron chi connectivity index (χ0n) is 27.4. The molecule has 4 aromatic rings. The summed E-state index contributed by atoms with van der Waals surface area (Å²) in [6, 6.07) is 25.8. The van der Waals surface area contributed by atoms with Crippen molar-refractivity contribution >= 4 is 50.7 Å². The molecule has 0 aromatic heterocycles. The van der Waals surface area contributed by atoms with Crippen LogP contribution >= 0.6 is 23.2 Å². The number of benzene rings is 4. The highest BCUT2D eigenvalue weighted by Gasteiger charge is 2.36. The highest BCUT2D eigenvalue weighted by atomic mass is 35.5. The van der Waals surface area contributed by atoms with E-state index in [2.05, 4.69) is 5.32 Å². The molecule has 0 radical (unpaired) electrons. The summed E-state index contributed by atoms with van der Waals surface area (Å²) in [6.07, 6.45) is 0.170. The zero-order chi connectivity index (χ0) is 35.1. The molecule has 0 aliphatic rings. The number of rotatable bonds is 13. The average molecular weight is 713 g/mol. The molecule has 1 atom stereocenters. The van der Waals surface area contributed by atoms with Crippen LogP contribution in [0.1, 0.15) is 31.9 Å². The lowest BCUT2D eigenvalue weighted by atomic mass is 10.0. The fourth-order valence-electron chi connectivity index (χ4n) is 5.07. The largest absolute Gasteiger partial charge is 0.493 e. The molecule has 0 bridgehead atoms. The van der Waals surface area contributed by atoms with E-state index in [-0.39, 0.29) is 34.3 Å². The van der Waals surface area contributed by atoms with Crippen molar-refractivity contribution in [3.8, 4) is 11.5 Å². The third-order valence-corrected chi connectivity index (χ3v) is 9.88. The van der Waals surface area contributed by atoms with Gasteiger partial charge in [0, 0.05) is 24.6 Å². The molecule has 0 saturated heterocycles. The number of sulfonamides is 1. The van der Waals surface area contributed by atoms with Gasteiger partial charge in [-0.15, -0.1) is 0 Å². The molecular weight excluding hydrogens is 673 g/mol. The Hall–Kier alpha value is -4.25. The normalized spacial score (nSPS) is 12.1. The number of amides is 2.